The normalized spacial score (nSPS) is 18.3. The topological polar surface area (TPSA) is 64.4 Å². The van der Waals surface area contributed by atoms with Crippen molar-refractivity contribution in [3.63, 3.8) is 0 Å². The molecule has 5 heteroatoms. The summed E-state index contributed by atoms with van der Waals surface area (Å²) in [6.45, 7) is 3.22. The van der Waals surface area contributed by atoms with Crippen LogP contribution in [0.2, 0.25) is 0 Å². The van der Waals surface area contributed by atoms with Crippen molar-refractivity contribution in [1.29, 1.82) is 0 Å². The molecule has 0 unspecified atom stereocenters. The maximum Gasteiger partial charge on any atom is 0.251 e. The molecule has 1 aliphatic rings. The zero-order chi connectivity index (χ0) is 13.2. The van der Waals surface area contributed by atoms with Crippen LogP contribution in [0.3, 0.4) is 0 Å². The highest BCUT2D eigenvalue weighted by Gasteiger charge is 2.29. The molecule has 1 aromatic carbocycles. The fourth-order valence-electron chi connectivity index (χ4n) is 2.04. The molecule has 0 aromatic heterocycles. The van der Waals surface area contributed by atoms with E-state index in [-0.39, 0.29) is 22.7 Å². The molecule has 98 valence electrons. The summed E-state index contributed by atoms with van der Waals surface area (Å²) in [7, 11) is 0. The molecular weight excluding hydrogens is 235 g/mol. The molecule has 1 saturated heterocycles. The number of benzene rings is 1. The number of hydrogen-bond donors (Lipinski definition) is 2. The lowest BCUT2D eigenvalue weighted by Crippen LogP contribution is -2.49. The molecule has 1 aliphatic heterocycles. The van der Waals surface area contributed by atoms with Gasteiger partial charge in [0, 0.05) is 30.0 Å². The summed E-state index contributed by atoms with van der Waals surface area (Å²) in [5.41, 5.74) is 5.73. The molecule has 0 bridgehead atoms. The third-order valence-electron chi connectivity index (χ3n) is 3.19. The Hall–Kier alpha value is -1.62. The summed E-state index contributed by atoms with van der Waals surface area (Å²) in [6, 6.07) is 3.85. The van der Waals surface area contributed by atoms with E-state index in [0.717, 1.165) is 12.8 Å². The predicted molar refractivity (Wildman–Crippen MR) is 66.7 cm³/mol. The second kappa shape index (κ2) is 4.94. The number of ether oxygens (including phenoxy) is 1. The minimum absolute atomic E-state index is 0.247. The highest BCUT2D eigenvalue weighted by atomic mass is 19.1. The van der Waals surface area contributed by atoms with Crippen LogP contribution in [0.4, 0.5) is 10.1 Å². The Morgan fingerprint density at radius 2 is 2.06 bits per heavy atom. The summed E-state index contributed by atoms with van der Waals surface area (Å²) in [6.07, 6.45) is 1.51. The van der Waals surface area contributed by atoms with Gasteiger partial charge in [-0.2, -0.15) is 0 Å². The number of nitrogens with two attached hydrogens (primary N) is 1. The summed E-state index contributed by atoms with van der Waals surface area (Å²) >= 11 is 0. The van der Waals surface area contributed by atoms with Crippen molar-refractivity contribution >= 4 is 11.6 Å². The Morgan fingerprint density at radius 1 is 1.39 bits per heavy atom. The number of anilines is 1. The predicted octanol–water partition coefficient (Wildman–Crippen LogP) is 1.71. The van der Waals surface area contributed by atoms with Crippen LogP contribution >= 0.6 is 0 Å². The fourth-order valence-corrected chi connectivity index (χ4v) is 2.04. The van der Waals surface area contributed by atoms with Crippen molar-refractivity contribution in [3.05, 3.63) is 29.6 Å². The van der Waals surface area contributed by atoms with Crippen molar-refractivity contribution in [1.82, 2.24) is 5.32 Å². The van der Waals surface area contributed by atoms with Gasteiger partial charge < -0.3 is 15.8 Å². The molecule has 0 atom stereocenters. The van der Waals surface area contributed by atoms with Gasteiger partial charge in [0.15, 0.2) is 0 Å². The SMILES string of the molecule is CC1(NC(=O)c2cc(N)cc(F)c2)CCOCC1. The van der Waals surface area contributed by atoms with Crippen LogP contribution in [0, 0.1) is 5.82 Å². The monoisotopic (exact) mass is 252 g/mol. The van der Waals surface area contributed by atoms with E-state index in [1.807, 2.05) is 6.92 Å². The zero-order valence-electron chi connectivity index (χ0n) is 10.3. The van der Waals surface area contributed by atoms with E-state index in [1.54, 1.807) is 0 Å². The van der Waals surface area contributed by atoms with Crippen LogP contribution in [0.15, 0.2) is 18.2 Å². The average Bonchev–Trinajstić information content (AvgIpc) is 2.28. The minimum atomic E-state index is -0.503. The molecule has 4 nitrogen and oxygen atoms in total. The Bertz CT molecular complexity index is 436. The molecule has 0 saturated carbocycles. The number of nitrogens with one attached hydrogen (secondary N) is 1. The van der Waals surface area contributed by atoms with Crippen molar-refractivity contribution < 1.29 is 13.9 Å². The number of carbonyl (C=O) groups excluding carboxylic acids is 1. The van der Waals surface area contributed by atoms with E-state index >= 15 is 0 Å². The van der Waals surface area contributed by atoms with Crippen LogP contribution < -0.4 is 11.1 Å². The number of amides is 1. The molecule has 18 heavy (non-hydrogen) atoms. The Labute approximate surface area is 105 Å². The van der Waals surface area contributed by atoms with E-state index in [1.165, 1.54) is 18.2 Å². The molecule has 1 aromatic rings. The van der Waals surface area contributed by atoms with Crippen LogP contribution in [0.5, 0.6) is 0 Å². The smallest absolute Gasteiger partial charge is 0.251 e. The highest BCUT2D eigenvalue weighted by Crippen LogP contribution is 2.21. The van der Waals surface area contributed by atoms with Gasteiger partial charge in [-0.05, 0) is 38.0 Å². The van der Waals surface area contributed by atoms with Gasteiger partial charge in [-0.3, -0.25) is 4.79 Å². The first-order valence-electron chi connectivity index (χ1n) is 5.95. The van der Waals surface area contributed by atoms with E-state index in [0.29, 0.717) is 13.2 Å². The molecule has 0 spiro atoms. The molecule has 1 heterocycles. The lowest BCUT2D eigenvalue weighted by Gasteiger charge is -2.34. The lowest BCUT2D eigenvalue weighted by atomic mass is 9.92. The van der Waals surface area contributed by atoms with Crippen LogP contribution in [-0.2, 0) is 4.74 Å². The number of rotatable bonds is 2. The Balaban J connectivity index is 2.11. The number of carbonyl (C=O) groups is 1. The van der Waals surface area contributed by atoms with E-state index < -0.39 is 5.82 Å². The van der Waals surface area contributed by atoms with Gasteiger partial charge in [-0.1, -0.05) is 0 Å². The summed E-state index contributed by atoms with van der Waals surface area (Å²) in [4.78, 5) is 12.0. The van der Waals surface area contributed by atoms with Crippen molar-refractivity contribution in [2.75, 3.05) is 18.9 Å². The van der Waals surface area contributed by atoms with E-state index in [4.69, 9.17) is 10.5 Å². The van der Waals surface area contributed by atoms with E-state index in [2.05, 4.69) is 5.32 Å². The second-order valence-corrected chi connectivity index (χ2v) is 4.90. The first-order valence-corrected chi connectivity index (χ1v) is 5.95. The number of halogens is 1. The third kappa shape index (κ3) is 2.98. The first-order chi connectivity index (χ1) is 8.48. The Morgan fingerprint density at radius 3 is 2.67 bits per heavy atom. The second-order valence-electron chi connectivity index (χ2n) is 4.90. The van der Waals surface area contributed by atoms with Crippen molar-refractivity contribution in [2.45, 2.75) is 25.3 Å². The fraction of sp³-hybridized carbons (Fsp3) is 0.462. The molecule has 3 N–H and O–H groups in total. The summed E-state index contributed by atoms with van der Waals surface area (Å²) in [5, 5.41) is 2.92. The Kier molecular flexibility index (Phi) is 3.52. The maximum atomic E-state index is 13.2. The van der Waals surface area contributed by atoms with Gasteiger partial charge in [0.05, 0.1) is 0 Å². The molecule has 2 rings (SSSR count). The van der Waals surface area contributed by atoms with Crippen LogP contribution in [0.25, 0.3) is 0 Å². The van der Waals surface area contributed by atoms with Crippen molar-refractivity contribution in [3.8, 4) is 0 Å². The minimum Gasteiger partial charge on any atom is -0.399 e. The van der Waals surface area contributed by atoms with Crippen LogP contribution in [-0.4, -0.2) is 24.7 Å². The summed E-state index contributed by atoms with van der Waals surface area (Å²) < 4.78 is 18.4. The lowest BCUT2D eigenvalue weighted by molar-refractivity contribution is 0.0422. The van der Waals surface area contributed by atoms with Gasteiger partial charge >= 0.3 is 0 Å². The van der Waals surface area contributed by atoms with E-state index in [9.17, 15) is 9.18 Å². The van der Waals surface area contributed by atoms with Crippen molar-refractivity contribution in [2.24, 2.45) is 0 Å². The average molecular weight is 252 g/mol. The van der Waals surface area contributed by atoms with Gasteiger partial charge in [-0.15, -0.1) is 0 Å². The third-order valence-corrected chi connectivity index (χ3v) is 3.19. The van der Waals surface area contributed by atoms with Gasteiger partial charge in [0.25, 0.3) is 5.91 Å². The van der Waals surface area contributed by atoms with Crippen LogP contribution in [0.1, 0.15) is 30.1 Å². The standard InChI is InChI=1S/C13H17FN2O2/c1-13(2-4-18-5-3-13)16-12(17)9-6-10(14)8-11(15)7-9/h6-8H,2-5,15H2,1H3,(H,16,17). The largest absolute Gasteiger partial charge is 0.399 e. The number of nitrogen functional groups attached to an aromatic ring is 1. The molecule has 1 fully saturated rings. The maximum absolute atomic E-state index is 13.2. The molecule has 1 amide bonds. The van der Waals surface area contributed by atoms with Gasteiger partial charge in [0.2, 0.25) is 0 Å². The molecule has 0 aliphatic carbocycles. The van der Waals surface area contributed by atoms with Gasteiger partial charge in [-0.25, -0.2) is 4.39 Å². The molecule has 0 radical (unpaired) electrons. The quantitative estimate of drug-likeness (QED) is 0.787. The number of hydrogen-bond acceptors (Lipinski definition) is 3. The van der Waals surface area contributed by atoms with Gasteiger partial charge in [0.1, 0.15) is 5.82 Å². The highest BCUT2D eigenvalue weighted by molar-refractivity contribution is 5.95. The zero-order valence-corrected chi connectivity index (χ0v) is 10.3. The summed E-state index contributed by atoms with van der Waals surface area (Å²) in [5.74, 6) is -0.803. The molecular formula is C13H17FN2O2. The first kappa shape index (κ1) is 12.8.